The molecule has 8 heteroatoms. The lowest BCUT2D eigenvalue weighted by atomic mass is 10.1. The minimum Gasteiger partial charge on any atom is -0.483 e. The Kier molecular flexibility index (Phi) is 5.03. The van der Waals surface area contributed by atoms with Crippen molar-refractivity contribution in [1.29, 1.82) is 0 Å². The number of aryl methyl sites for hydroxylation is 1. The molecule has 4 aromatic rings. The van der Waals surface area contributed by atoms with E-state index in [0.717, 1.165) is 23.2 Å². The Morgan fingerprint density at radius 2 is 2.00 bits per heavy atom. The summed E-state index contributed by atoms with van der Waals surface area (Å²) in [7, 11) is 0. The first-order valence-electron chi connectivity index (χ1n) is 8.75. The van der Waals surface area contributed by atoms with Crippen LogP contribution < -0.4 is 10.1 Å². The standard InChI is InChI=1S/C20H17FN4O2S/c1-2-13-5-3-4-6-17(13)27-11-18(26)22-19-23-20-25(24-19)16(12-28-20)14-7-9-15(21)10-8-14/h3-10,12H,2,11H2,1H3,(H,22,24,26). The molecule has 0 aliphatic heterocycles. The minimum absolute atomic E-state index is 0.130. The van der Waals surface area contributed by atoms with Gasteiger partial charge in [0.05, 0.1) is 5.69 Å². The molecule has 0 fully saturated rings. The van der Waals surface area contributed by atoms with Crippen molar-refractivity contribution in [3.8, 4) is 17.0 Å². The van der Waals surface area contributed by atoms with Crippen LogP contribution in [0.3, 0.4) is 0 Å². The molecular formula is C20H17FN4O2S. The van der Waals surface area contributed by atoms with Crippen LogP contribution in [0.4, 0.5) is 10.3 Å². The largest absolute Gasteiger partial charge is 0.483 e. The van der Waals surface area contributed by atoms with Gasteiger partial charge in [-0.15, -0.1) is 16.4 Å². The van der Waals surface area contributed by atoms with Crippen molar-refractivity contribution in [2.24, 2.45) is 0 Å². The predicted molar refractivity (Wildman–Crippen MR) is 106 cm³/mol. The Labute approximate surface area is 164 Å². The first-order chi connectivity index (χ1) is 13.6. The number of ether oxygens (including phenoxy) is 1. The van der Waals surface area contributed by atoms with Crippen LogP contribution in [0.15, 0.2) is 53.9 Å². The second-order valence-corrected chi connectivity index (χ2v) is 6.89. The van der Waals surface area contributed by atoms with E-state index in [0.29, 0.717) is 10.7 Å². The number of carbonyl (C=O) groups is 1. The van der Waals surface area contributed by atoms with Gasteiger partial charge >= 0.3 is 0 Å². The zero-order valence-corrected chi connectivity index (χ0v) is 15.9. The zero-order chi connectivity index (χ0) is 19.5. The lowest BCUT2D eigenvalue weighted by Crippen LogP contribution is -2.21. The van der Waals surface area contributed by atoms with E-state index in [1.54, 1.807) is 16.6 Å². The van der Waals surface area contributed by atoms with Gasteiger partial charge in [-0.1, -0.05) is 25.1 Å². The highest BCUT2D eigenvalue weighted by Gasteiger charge is 2.14. The van der Waals surface area contributed by atoms with Crippen molar-refractivity contribution in [1.82, 2.24) is 14.6 Å². The van der Waals surface area contributed by atoms with Gasteiger partial charge in [0.25, 0.3) is 11.9 Å². The molecule has 142 valence electrons. The topological polar surface area (TPSA) is 68.5 Å². The van der Waals surface area contributed by atoms with E-state index < -0.39 is 0 Å². The van der Waals surface area contributed by atoms with Crippen molar-refractivity contribution >= 4 is 28.2 Å². The minimum atomic E-state index is -0.340. The predicted octanol–water partition coefficient (Wildman–Crippen LogP) is 4.18. The maximum absolute atomic E-state index is 13.1. The number of anilines is 1. The highest BCUT2D eigenvalue weighted by Crippen LogP contribution is 2.26. The third-order valence-corrected chi connectivity index (χ3v) is 5.00. The molecule has 0 radical (unpaired) electrons. The van der Waals surface area contributed by atoms with Gasteiger partial charge in [0.2, 0.25) is 4.96 Å². The average molecular weight is 396 g/mol. The van der Waals surface area contributed by atoms with Crippen LogP contribution in [0, 0.1) is 5.82 Å². The molecule has 0 spiro atoms. The maximum Gasteiger partial charge on any atom is 0.264 e. The van der Waals surface area contributed by atoms with Crippen LogP contribution in [-0.2, 0) is 11.2 Å². The van der Waals surface area contributed by atoms with Gasteiger partial charge in [0, 0.05) is 10.9 Å². The Bertz CT molecular complexity index is 1120. The molecule has 1 N–H and O–H groups in total. The molecule has 0 aliphatic carbocycles. The number of halogens is 1. The van der Waals surface area contributed by atoms with E-state index >= 15 is 0 Å². The van der Waals surface area contributed by atoms with Gasteiger partial charge in [-0.3, -0.25) is 10.1 Å². The van der Waals surface area contributed by atoms with Gasteiger partial charge < -0.3 is 4.74 Å². The number of para-hydroxylation sites is 1. The molecule has 2 heterocycles. The first kappa shape index (κ1) is 18.1. The quantitative estimate of drug-likeness (QED) is 0.531. The molecule has 1 amide bonds. The molecule has 6 nitrogen and oxygen atoms in total. The number of hydrogen-bond donors (Lipinski definition) is 1. The molecule has 2 aromatic heterocycles. The van der Waals surface area contributed by atoms with Crippen LogP contribution >= 0.6 is 11.3 Å². The van der Waals surface area contributed by atoms with Gasteiger partial charge in [0.15, 0.2) is 6.61 Å². The van der Waals surface area contributed by atoms with Crippen LogP contribution in [0.1, 0.15) is 12.5 Å². The number of nitrogens with one attached hydrogen (secondary N) is 1. The number of thiazole rings is 1. The summed E-state index contributed by atoms with van der Waals surface area (Å²) in [4.78, 5) is 17.2. The molecule has 0 bridgehead atoms. The SMILES string of the molecule is CCc1ccccc1OCC(=O)Nc1nc2scc(-c3ccc(F)cc3)n2n1. The second kappa shape index (κ2) is 7.77. The average Bonchev–Trinajstić information content (AvgIpc) is 3.27. The summed E-state index contributed by atoms with van der Waals surface area (Å²) in [6, 6.07) is 13.8. The van der Waals surface area contributed by atoms with Crippen LogP contribution in [0.25, 0.3) is 16.2 Å². The summed E-state index contributed by atoms with van der Waals surface area (Å²) in [5.41, 5.74) is 2.64. The van der Waals surface area contributed by atoms with E-state index in [1.165, 1.54) is 23.5 Å². The number of benzene rings is 2. The van der Waals surface area contributed by atoms with Crippen molar-refractivity contribution in [2.45, 2.75) is 13.3 Å². The third kappa shape index (κ3) is 3.72. The molecule has 2 aromatic carbocycles. The van der Waals surface area contributed by atoms with Gasteiger partial charge in [-0.05, 0) is 42.3 Å². The number of carbonyl (C=O) groups excluding carboxylic acids is 1. The van der Waals surface area contributed by atoms with Gasteiger partial charge in [-0.25, -0.2) is 8.91 Å². The van der Waals surface area contributed by atoms with Crippen LogP contribution in [0.2, 0.25) is 0 Å². The number of rotatable bonds is 6. The number of fused-ring (bicyclic) bond motifs is 1. The van der Waals surface area contributed by atoms with Gasteiger partial charge in [0.1, 0.15) is 11.6 Å². The molecule has 0 aliphatic rings. The summed E-state index contributed by atoms with van der Waals surface area (Å²) in [5, 5.41) is 8.88. The number of nitrogens with zero attached hydrogens (tertiary/aromatic N) is 3. The van der Waals surface area contributed by atoms with Crippen molar-refractivity contribution in [3.05, 3.63) is 65.3 Å². The molecule has 0 saturated heterocycles. The molecule has 28 heavy (non-hydrogen) atoms. The lowest BCUT2D eigenvalue weighted by Gasteiger charge is -2.09. The fourth-order valence-corrected chi connectivity index (χ4v) is 3.63. The van der Waals surface area contributed by atoms with E-state index in [9.17, 15) is 9.18 Å². The fourth-order valence-electron chi connectivity index (χ4n) is 2.79. The number of hydrogen-bond acceptors (Lipinski definition) is 5. The summed E-state index contributed by atoms with van der Waals surface area (Å²) in [6.45, 7) is 1.90. The van der Waals surface area contributed by atoms with E-state index in [1.807, 2.05) is 36.6 Å². The maximum atomic E-state index is 13.1. The highest BCUT2D eigenvalue weighted by atomic mass is 32.1. The summed E-state index contributed by atoms with van der Waals surface area (Å²) >= 11 is 1.39. The Morgan fingerprint density at radius 1 is 1.21 bits per heavy atom. The number of aromatic nitrogens is 3. The first-order valence-corrected chi connectivity index (χ1v) is 9.63. The normalized spacial score (nSPS) is 10.9. The fraction of sp³-hybridized carbons (Fsp3) is 0.150. The zero-order valence-electron chi connectivity index (χ0n) is 15.1. The van der Waals surface area contributed by atoms with Gasteiger partial charge in [-0.2, -0.15) is 4.98 Å². The monoisotopic (exact) mass is 396 g/mol. The molecule has 0 unspecified atom stereocenters. The van der Waals surface area contributed by atoms with Crippen LogP contribution in [-0.4, -0.2) is 27.1 Å². The molecule has 4 rings (SSSR count). The molecule has 0 atom stereocenters. The Hall–Kier alpha value is -3.26. The van der Waals surface area contributed by atoms with Crippen LogP contribution in [0.5, 0.6) is 5.75 Å². The van der Waals surface area contributed by atoms with E-state index in [-0.39, 0.29) is 24.3 Å². The summed E-state index contributed by atoms with van der Waals surface area (Å²) in [6.07, 6.45) is 0.822. The van der Waals surface area contributed by atoms with Crippen molar-refractivity contribution in [3.63, 3.8) is 0 Å². The Balaban J connectivity index is 1.46. The van der Waals surface area contributed by atoms with Crippen molar-refractivity contribution in [2.75, 3.05) is 11.9 Å². The number of amides is 1. The van der Waals surface area contributed by atoms with E-state index in [4.69, 9.17) is 4.74 Å². The summed E-state index contributed by atoms with van der Waals surface area (Å²) in [5.74, 6) is 0.254. The Morgan fingerprint density at radius 3 is 2.79 bits per heavy atom. The van der Waals surface area contributed by atoms with Crippen molar-refractivity contribution < 1.29 is 13.9 Å². The third-order valence-electron chi connectivity index (χ3n) is 4.19. The molecular weight excluding hydrogens is 379 g/mol. The highest BCUT2D eigenvalue weighted by molar-refractivity contribution is 7.15. The summed E-state index contributed by atoms with van der Waals surface area (Å²) < 4.78 is 20.4. The lowest BCUT2D eigenvalue weighted by molar-refractivity contribution is -0.118. The van der Waals surface area contributed by atoms with E-state index in [2.05, 4.69) is 15.4 Å². The smallest absolute Gasteiger partial charge is 0.264 e. The second-order valence-electron chi connectivity index (χ2n) is 6.06. The molecule has 0 saturated carbocycles.